The van der Waals surface area contributed by atoms with Gasteiger partial charge in [-0.2, -0.15) is 0 Å². The van der Waals surface area contributed by atoms with E-state index < -0.39 is 5.97 Å². The Hall–Kier alpha value is -2.03. The quantitative estimate of drug-likeness (QED) is 0.447. The number of ether oxygens (including phenoxy) is 2. The van der Waals surface area contributed by atoms with E-state index >= 15 is 0 Å². The summed E-state index contributed by atoms with van der Waals surface area (Å²) in [5.74, 6) is -0.211. The van der Waals surface area contributed by atoms with Crippen LogP contribution in [0.25, 0.3) is 0 Å². The number of allylic oxidation sites excluding steroid dienone is 2. The number of carbonyl (C=O) groups is 1. The molecule has 0 saturated heterocycles. The van der Waals surface area contributed by atoms with E-state index in [-0.39, 0.29) is 11.9 Å². The molecular formula is C17H22O3. The van der Waals surface area contributed by atoms with Crippen molar-refractivity contribution in [2.75, 3.05) is 0 Å². The van der Waals surface area contributed by atoms with Crippen molar-refractivity contribution in [1.82, 2.24) is 0 Å². The van der Waals surface area contributed by atoms with Gasteiger partial charge in [0.1, 0.15) is 0 Å². The van der Waals surface area contributed by atoms with Gasteiger partial charge >= 0.3 is 5.97 Å². The van der Waals surface area contributed by atoms with Gasteiger partial charge in [-0.05, 0) is 51.3 Å². The first-order valence-electron chi connectivity index (χ1n) is 6.74. The summed E-state index contributed by atoms with van der Waals surface area (Å²) in [6.45, 7) is 7.44. The number of esters is 1. The molecule has 0 aliphatic heterocycles. The molecule has 1 aromatic rings. The minimum Gasteiger partial charge on any atom is -0.458 e. The Morgan fingerprint density at radius 3 is 2.40 bits per heavy atom. The Morgan fingerprint density at radius 1 is 1.20 bits per heavy atom. The molecule has 0 atom stereocenters. The standard InChI is InChI=1S/C17H22O3/c1-13(2)12-19-16(17(18)20-14(3)4)11-10-15-8-6-5-7-9-15/h5-9,11-12,14H,10H2,1-4H3/b16-11-. The Morgan fingerprint density at radius 2 is 1.85 bits per heavy atom. The number of carbonyl (C=O) groups excluding carboxylic acids is 1. The summed E-state index contributed by atoms with van der Waals surface area (Å²) in [5.41, 5.74) is 2.09. The van der Waals surface area contributed by atoms with Crippen molar-refractivity contribution in [3.8, 4) is 0 Å². The summed E-state index contributed by atoms with van der Waals surface area (Å²) in [6, 6.07) is 9.89. The molecule has 108 valence electrons. The van der Waals surface area contributed by atoms with Crippen molar-refractivity contribution < 1.29 is 14.3 Å². The predicted octanol–water partition coefficient (Wildman–Crippen LogP) is 4.00. The molecular weight excluding hydrogens is 252 g/mol. The summed E-state index contributed by atoms with van der Waals surface area (Å²) in [4.78, 5) is 11.9. The Balaban J connectivity index is 2.80. The van der Waals surface area contributed by atoms with Gasteiger partial charge in [-0.3, -0.25) is 0 Å². The van der Waals surface area contributed by atoms with E-state index in [2.05, 4.69) is 0 Å². The summed E-state index contributed by atoms with van der Waals surface area (Å²) >= 11 is 0. The van der Waals surface area contributed by atoms with Gasteiger partial charge in [0.2, 0.25) is 5.76 Å². The van der Waals surface area contributed by atoms with Gasteiger partial charge in [-0.25, -0.2) is 4.79 Å². The number of hydrogen-bond acceptors (Lipinski definition) is 3. The van der Waals surface area contributed by atoms with Gasteiger partial charge in [-0.15, -0.1) is 0 Å². The van der Waals surface area contributed by atoms with Gasteiger partial charge in [0.05, 0.1) is 12.4 Å². The van der Waals surface area contributed by atoms with Gasteiger partial charge in [0.15, 0.2) is 0 Å². The SMILES string of the molecule is CC(C)=CO/C(=C\Cc1ccccc1)C(=O)OC(C)C. The fourth-order valence-corrected chi connectivity index (χ4v) is 1.46. The average molecular weight is 274 g/mol. The Labute approximate surface area is 120 Å². The molecule has 0 spiro atoms. The van der Waals surface area contributed by atoms with E-state index in [1.807, 2.05) is 58.0 Å². The predicted molar refractivity (Wildman–Crippen MR) is 80.0 cm³/mol. The molecule has 1 rings (SSSR count). The summed E-state index contributed by atoms with van der Waals surface area (Å²) in [6.07, 6.45) is 3.76. The first-order valence-corrected chi connectivity index (χ1v) is 6.74. The normalized spacial score (nSPS) is 11.2. The van der Waals surface area contributed by atoms with Crippen molar-refractivity contribution in [3.63, 3.8) is 0 Å². The maximum absolute atomic E-state index is 11.9. The van der Waals surface area contributed by atoms with E-state index in [0.717, 1.165) is 11.1 Å². The molecule has 20 heavy (non-hydrogen) atoms. The Bertz CT molecular complexity index is 480. The van der Waals surface area contributed by atoms with E-state index in [9.17, 15) is 4.79 Å². The molecule has 0 radical (unpaired) electrons. The zero-order valence-electron chi connectivity index (χ0n) is 12.6. The number of rotatable bonds is 6. The largest absolute Gasteiger partial charge is 0.458 e. The highest BCUT2D eigenvalue weighted by molar-refractivity contribution is 5.86. The smallest absolute Gasteiger partial charge is 0.374 e. The molecule has 0 fully saturated rings. The van der Waals surface area contributed by atoms with Gasteiger partial charge in [0.25, 0.3) is 0 Å². The molecule has 3 heteroatoms. The van der Waals surface area contributed by atoms with Crippen LogP contribution >= 0.6 is 0 Å². The van der Waals surface area contributed by atoms with Gasteiger partial charge < -0.3 is 9.47 Å². The molecule has 0 saturated carbocycles. The fourth-order valence-electron chi connectivity index (χ4n) is 1.46. The summed E-state index contributed by atoms with van der Waals surface area (Å²) < 4.78 is 10.6. The zero-order valence-corrected chi connectivity index (χ0v) is 12.6. The second-order valence-corrected chi connectivity index (χ2v) is 5.03. The molecule has 0 amide bonds. The lowest BCUT2D eigenvalue weighted by Gasteiger charge is -2.10. The van der Waals surface area contributed by atoms with E-state index in [0.29, 0.717) is 6.42 Å². The van der Waals surface area contributed by atoms with Crippen LogP contribution in [-0.2, 0) is 20.7 Å². The highest BCUT2D eigenvalue weighted by Gasteiger charge is 2.13. The van der Waals surface area contributed by atoms with Crippen molar-refractivity contribution in [2.24, 2.45) is 0 Å². The van der Waals surface area contributed by atoms with Crippen LogP contribution in [0.1, 0.15) is 33.3 Å². The summed E-state index contributed by atoms with van der Waals surface area (Å²) in [7, 11) is 0. The van der Waals surface area contributed by atoms with Gasteiger partial charge in [0, 0.05) is 0 Å². The van der Waals surface area contributed by atoms with Crippen LogP contribution in [0.3, 0.4) is 0 Å². The average Bonchev–Trinajstić information content (AvgIpc) is 2.38. The third kappa shape index (κ3) is 6.23. The minimum atomic E-state index is -0.437. The van der Waals surface area contributed by atoms with E-state index in [1.165, 1.54) is 0 Å². The lowest BCUT2D eigenvalue weighted by molar-refractivity contribution is -0.145. The van der Waals surface area contributed by atoms with Crippen molar-refractivity contribution in [3.05, 3.63) is 59.6 Å². The van der Waals surface area contributed by atoms with Crippen LogP contribution in [0.15, 0.2) is 54.0 Å². The monoisotopic (exact) mass is 274 g/mol. The molecule has 0 aliphatic rings. The third-order valence-electron chi connectivity index (χ3n) is 2.33. The number of benzene rings is 1. The molecule has 0 N–H and O–H groups in total. The van der Waals surface area contributed by atoms with Crippen LogP contribution in [0.2, 0.25) is 0 Å². The van der Waals surface area contributed by atoms with Crippen LogP contribution in [0.4, 0.5) is 0 Å². The lowest BCUT2D eigenvalue weighted by atomic mass is 10.1. The third-order valence-corrected chi connectivity index (χ3v) is 2.33. The van der Waals surface area contributed by atoms with Crippen molar-refractivity contribution in [2.45, 2.75) is 40.2 Å². The zero-order chi connectivity index (χ0) is 15.0. The highest BCUT2D eigenvalue weighted by atomic mass is 16.6. The molecule has 0 unspecified atom stereocenters. The van der Waals surface area contributed by atoms with Gasteiger partial charge in [-0.1, -0.05) is 30.3 Å². The highest BCUT2D eigenvalue weighted by Crippen LogP contribution is 2.09. The topological polar surface area (TPSA) is 35.5 Å². The van der Waals surface area contributed by atoms with Crippen LogP contribution in [-0.4, -0.2) is 12.1 Å². The lowest BCUT2D eigenvalue weighted by Crippen LogP contribution is -2.14. The maximum Gasteiger partial charge on any atom is 0.374 e. The second-order valence-electron chi connectivity index (χ2n) is 5.03. The van der Waals surface area contributed by atoms with Crippen LogP contribution < -0.4 is 0 Å². The van der Waals surface area contributed by atoms with E-state index in [4.69, 9.17) is 9.47 Å². The summed E-state index contributed by atoms with van der Waals surface area (Å²) in [5, 5.41) is 0. The van der Waals surface area contributed by atoms with Crippen LogP contribution in [0.5, 0.6) is 0 Å². The van der Waals surface area contributed by atoms with Crippen LogP contribution in [0, 0.1) is 0 Å². The van der Waals surface area contributed by atoms with Crippen molar-refractivity contribution in [1.29, 1.82) is 0 Å². The molecule has 3 nitrogen and oxygen atoms in total. The molecule has 0 bridgehead atoms. The molecule has 1 aromatic carbocycles. The van der Waals surface area contributed by atoms with Crippen molar-refractivity contribution >= 4 is 5.97 Å². The Kier molecular flexibility index (Phi) is 6.57. The molecule has 0 aromatic heterocycles. The number of hydrogen-bond donors (Lipinski definition) is 0. The second kappa shape index (κ2) is 8.20. The van der Waals surface area contributed by atoms with E-state index in [1.54, 1.807) is 12.3 Å². The first-order chi connectivity index (χ1) is 9.49. The minimum absolute atomic E-state index is 0.169. The maximum atomic E-state index is 11.9. The fraction of sp³-hybridized carbons (Fsp3) is 0.353. The molecule has 0 heterocycles. The first kappa shape index (κ1) is 16.0. The molecule has 0 aliphatic carbocycles.